The number of hydrogen-bond acceptors (Lipinski definition) is 4. The molecule has 0 atom stereocenters. The van der Waals surface area contributed by atoms with Crippen molar-refractivity contribution in [3.63, 3.8) is 0 Å². The molecular weight excluding hydrogens is 387 g/mol. The summed E-state index contributed by atoms with van der Waals surface area (Å²) in [5.41, 5.74) is 7.23. The van der Waals surface area contributed by atoms with Crippen LogP contribution < -0.4 is 5.73 Å². The number of nitrogens with zero attached hydrogens (tertiary/aromatic N) is 1. The summed E-state index contributed by atoms with van der Waals surface area (Å²) in [7, 11) is 0. The van der Waals surface area contributed by atoms with Crippen molar-refractivity contribution in [3.8, 4) is 0 Å². The predicted octanol–water partition coefficient (Wildman–Crippen LogP) is 3.67. The first kappa shape index (κ1) is 13.8. The molecule has 0 saturated carbocycles. The number of nitrogens with two attached hydrogens (primary N) is 1. The van der Waals surface area contributed by atoms with E-state index in [-0.39, 0.29) is 5.91 Å². The van der Waals surface area contributed by atoms with Crippen LogP contribution in [0.25, 0.3) is 0 Å². The van der Waals surface area contributed by atoms with Crippen molar-refractivity contribution in [3.05, 3.63) is 37.7 Å². The average molecular weight is 400 g/mol. The van der Waals surface area contributed by atoms with Gasteiger partial charge in [0.25, 0.3) is 5.91 Å². The summed E-state index contributed by atoms with van der Waals surface area (Å²) in [6.07, 6.45) is 5.88. The lowest BCUT2D eigenvalue weighted by molar-refractivity contribution is 0.100. The van der Waals surface area contributed by atoms with Crippen LogP contribution in [0.1, 0.15) is 39.4 Å². The fourth-order valence-corrected chi connectivity index (χ4v) is 4.09. The van der Waals surface area contributed by atoms with E-state index in [4.69, 9.17) is 10.2 Å². The van der Waals surface area contributed by atoms with Crippen molar-refractivity contribution in [1.29, 1.82) is 0 Å². The summed E-state index contributed by atoms with van der Waals surface area (Å²) >= 11 is 3.68. The Morgan fingerprint density at radius 3 is 2.90 bits per heavy atom. The van der Waals surface area contributed by atoms with Gasteiger partial charge in [0.2, 0.25) is 0 Å². The molecule has 3 rings (SSSR count). The topological polar surface area (TPSA) is 68.6 Å². The SMILES string of the molecule is NC(=O)c1c(N=Cc2ccc(I)o2)sc2c1CCCC2. The number of furan rings is 1. The Bertz CT molecular complexity index is 687. The van der Waals surface area contributed by atoms with Gasteiger partial charge in [0, 0.05) is 4.88 Å². The lowest BCUT2D eigenvalue weighted by Gasteiger charge is -2.10. The smallest absolute Gasteiger partial charge is 0.252 e. The number of carbonyl (C=O) groups excluding carboxylic acids is 1. The van der Waals surface area contributed by atoms with E-state index in [0.717, 1.165) is 28.6 Å². The largest absolute Gasteiger partial charge is 0.449 e. The molecule has 20 heavy (non-hydrogen) atoms. The highest BCUT2D eigenvalue weighted by Gasteiger charge is 2.23. The van der Waals surface area contributed by atoms with Gasteiger partial charge >= 0.3 is 0 Å². The maximum absolute atomic E-state index is 11.7. The second-order valence-corrected chi connectivity index (χ2v) is 6.80. The Labute approximate surface area is 134 Å². The minimum atomic E-state index is -0.384. The number of primary amides is 1. The minimum Gasteiger partial charge on any atom is -0.449 e. The highest BCUT2D eigenvalue weighted by atomic mass is 127. The van der Waals surface area contributed by atoms with Crippen LogP contribution in [0.3, 0.4) is 0 Å². The van der Waals surface area contributed by atoms with E-state index in [2.05, 4.69) is 27.6 Å². The molecule has 0 spiro atoms. The summed E-state index contributed by atoms with van der Waals surface area (Å²) in [6.45, 7) is 0. The zero-order valence-corrected chi connectivity index (χ0v) is 13.7. The van der Waals surface area contributed by atoms with Gasteiger partial charge in [-0.3, -0.25) is 4.79 Å². The molecule has 2 aromatic heterocycles. The Balaban J connectivity index is 1.98. The molecule has 2 N–H and O–H groups in total. The number of halogens is 1. The lowest BCUT2D eigenvalue weighted by atomic mass is 9.95. The van der Waals surface area contributed by atoms with Gasteiger partial charge in [-0.1, -0.05) is 0 Å². The van der Waals surface area contributed by atoms with Gasteiger partial charge in [0.1, 0.15) is 10.8 Å². The van der Waals surface area contributed by atoms with Crippen molar-refractivity contribution >= 4 is 51.1 Å². The number of carbonyl (C=O) groups is 1. The highest BCUT2D eigenvalue weighted by molar-refractivity contribution is 14.1. The van der Waals surface area contributed by atoms with Crippen molar-refractivity contribution < 1.29 is 9.21 Å². The first-order valence-electron chi connectivity index (χ1n) is 6.39. The zero-order chi connectivity index (χ0) is 14.1. The molecule has 4 nitrogen and oxygen atoms in total. The normalized spacial score (nSPS) is 14.7. The van der Waals surface area contributed by atoms with Crippen molar-refractivity contribution in [1.82, 2.24) is 0 Å². The fourth-order valence-electron chi connectivity index (χ4n) is 2.42. The molecule has 1 aliphatic rings. The minimum absolute atomic E-state index is 0.384. The number of aliphatic imine (C=N–C) groups is 1. The van der Waals surface area contributed by atoms with E-state index in [0.29, 0.717) is 16.3 Å². The highest BCUT2D eigenvalue weighted by Crippen LogP contribution is 2.39. The molecule has 0 fully saturated rings. The number of hydrogen-bond donors (Lipinski definition) is 1. The van der Waals surface area contributed by atoms with E-state index >= 15 is 0 Å². The Hall–Kier alpha value is -1.15. The molecular formula is C14H13IN2O2S. The molecule has 6 heteroatoms. The number of rotatable bonds is 3. The molecule has 2 aromatic rings. The van der Waals surface area contributed by atoms with Gasteiger partial charge in [0.05, 0.1) is 11.8 Å². The summed E-state index contributed by atoms with van der Waals surface area (Å²) in [5, 5.41) is 0.704. The molecule has 2 heterocycles. The van der Waals surface area contributed by atoms with Gasteiger partial charge in [0.15, 0.2) is 3.77 Å². The summed E-state index contributed by atoms with van der Waals surface area (Å²) in [5.74, 6) is 0.293. The third-order valence-electron chi connectivity index (χ3n) is 3.30. The van der Waals surface area contributed by atoms with Crippen LogP contribution in [0.5, 0.6) is 0 Å². The summed E-state index contributed by atoms with van der Waals surface area (Å²) < 4.78 is 6.24. The van der Waals surface area contributed by atoms with E-state index in [1.807, 2.05) is 12.1 Å². The van der Waals surface area contributed by atoms with Gasteiger partial charge in [-0.05, 0) is 66.0 Å². The predicted molar refractivity (Wildman–Crippen MR) is 88.2 cm³/mol. The zero-order valence-electron chi connectivity index (χ0n) is 10.7. The molecule has 1 amide bonds. The van der Waals surface area contributed by atoms with Gasteiger partial charge in [-0.25, -0.2) is 4.99 Å². The van der Waals surface area contributed by atoms with E-state index in [1.165, 1.54) is 11.3 Å². The Morgan fingerprint density at radius 1 is 1.40 bits per heavy atom. The van der Waals surface area contributed by atoms with Crippen LogP contribution >= 0.6 is 33.9 Å². The van der Waals surface area contributed by atoms with Crippen LogP contribution in [0.15, 0.2) is 21.5 Å². The van der Waals surface area contributed by atoms with Crippen LogP contribution in [0, 0.1) is 3.77 Å². The lowest BCUT2D eigenvalue weighted by Crippen LogP contribution is -2.14. The maximum atomic E-state index is 11.7. The molecule has 0 aliphatic heterocycles. The quantitative estimate of drug-likeness (QED) is 0.631. The fraction of sp³-hybridized carbons (Fsp3) is 0.286. The van der Waals surface area contributed by atoms with Crippen molar-refractivity contribution in [2.24, 2.45) is 10.7 Å². The molecule has 0 saturated heterocycles. The standard InChI is InChI=1S/C14H13IN2O2S/c15-11-6-5-8(19-11)7-17-14-12(13(16)18)9-3-1-2-4-10(9)20-14/h5-7H,1-4H2,(H2,16,18). The number of amides is 1. The molecule has 1 aliphatic carbocycles. The van der Waals surface area contributed by atoms with Crippen molar-refractivity contribution in [2.45, 2.75) is 25.7 Å². The Kier molecular flexibility index (Phi) is 3.93. The average Bonchev–Trinajstić information content (AvgIpc) is 2.99. The first-order valence-corrected chi connectivity index (χ1v) is 8.28. The Morgan fingerprint density at radius 2 is 2.20 bits per heavy atom. The van der Waals surface area contributed by atoms with Gasteiger partial charge < -0.3 is 10.2 Å². The van der Waals surface area contributed by atoms with Crippen LogP contribution in [0.4, 0.5) is 5.00 Å². The number of thiophene rings is 1. The molecule has 104 valence electrons. The van der Waals surface area contributed by atoms with E-state index in [1.54, 1.807) is 17.6 Å². The van der Waals surface area contributed by atoms with Crippen LogP contribution in [0.2, 0.25) is 0 Å². The van der Waals surface area contributed by atoms with E-state index in [9.17, 15) is 4.79 Å². The first-order chi connectivity index (χ1) is 9.65. The maximum Gasteiger partial charge on any atom is 0.252 e. The number of fused-ring (bicyclic) bond motifs is 1. The summed E-state index contributed by atoms with van der Waals surface area (Å²) in [6, 6.07) is 3.72. The van der Waals surface area contributed by atoms with E-state index < -0.39 is 0 Å². The van der Waals surface area contributed by atoms with Crippen LogP contribution in [-0.4, -0.2) is 12.1 Å². The van der Waals surface area contributed by atoms with Gasteiger partial charge in [-0.15, -0.1) is 11.3 Å². The summed E-state index contributed by atoms with van der Waals surface area (Å²) in [4.78, 5) is 17.4. The van der Waals surface area contributed by atoms with Gasteiger partial charge in [-0.2, -0.15) is 0 Å². The second-order valence-electron chi connectivity index (χ2n) is 4.66. The van der Waals surface area contributed by atoms with Crippen molar-refractivity contribution in [2.75, 3.05) is 0 Å². The molecule has 0 unspecified atom stereocenters. The van der Waals surface area contributed by atoms with Crippen LogP contribution in [-0.2, 0) is 12.8 Å². The molecule has 0 bridgehead atoms. The second kappa shape index (κ2) is 5.69. The molecule has 0 aromatic carbocycles. The monoisotopic (exact) mass is 400 g/mol. The number of aryl methyl sites for hydroxylation is 1. The third-order valence-corrected chi connectivity index (χ3v) is 5.08. The third kappa shape index (κ3) is 2.67. The molecule has 0 radical (unpaired) electrons.